The van der Waals surface area contributed by atoms with Crippen LogP contribution in [0.2, 0.25) is 0 Å². The van der Waals surface area contributed by atoms with Gasteiger partial charge in [0, 0.05) is 0 Å². The largest absolute Gasteiger partial charge is 2.00 e. The molecule has 1 aliphatic rings. The van der Waals surface area contributed by atoms with Gasteiger partial charge in [-0.05, 0) is 11.1 Å². The summed E-state index contributed by atoms with van der Waals surface area (Å²) in [5.74, 6) is 0.560. The van der Waals surface area contributed by atoms with Crippen molar-refractivity contribution in [2.75, 3.05) is 6.54 Å². The van der Waals surface area contributed by atoms with Crippen molar-refractivity contribution >= 4 is 19.9 Å². The molecular formula is C41H52NSiZr. The average Bonchev–Trinajstić information content (AvgIpc) is 3.28. The van der Waals surface area contributed by atoms with Gasteiger partial charge >= 0.3 is 26.2 Å². The number of rotatable bonds is 9. The van der Waals surface area contributed by atoms with Crippen LogP contribution in [0.3, 0.4) is 0 Å². The molecule has 1 nitrogen and oxygen atoms in total. The molecule has 4 aromatic rings. The Morgan fingerprint density at radius 1 is 0.591 bits per heavy atom. The molecule has 0 heterocycles. The molecule has 0 spiro atoms. The van der Waals surface area contributed by atoms with Crippen molar-refractivity contribution in [3.8, 4) is 11.1 Å². The van der Waals surface area contributed by atoms with Crippen molar-refractivity contribution in [2.24, 2.45) is 5.92 Å². The minimum atomic E-state index is 0. The van der Waals surface area contributed by atoms with Gasteiger partial charge in [0.25, 0.3) is 0 Å². The summed E-state index contributed by atoms with van der Waals surface area (Å²) in [6, 6.07) is 42.1. The number of allylic oxidation sites excluding steroid dienone is 4. The van der Waals surface area contributed by atoms with E-state index < -0.39 is 0 Å². The standard InChI is InChI=1S/C12H11Si.C12H10.C9H13.C8H18N.Zr/c1-3-7-11(8-4-1)13-12-9-5-2-6-10-12;1-3-7-11(8-4-1)12-9-5-2-6-10-12;1-6-5-7(2)9(4)8(6)3;1-2-3-4-5-6-7-8-9;/h1-10,13H;1-10H;6H,1-4H3;9H,2-8H2,1H3;/q;;2*-1;+2. The van der Waals surface area contributed by atoms with E-state index in [0.29, 0.717) is 12.5 Å². The molecule has 0 saturated carbocycles. The Hall–Kier alpha value is -2.58. The monoisotopic (exact) mass is 676 g/mol. The molecular weight excluding hydrogens is 626 g/mol. The summed E-state index contributed by atoms with van der Waals surface area (Å²) in [5.41, 5.74) is 13.7. The van der Waals surface area contributed by atoms with Gasteiger partial charge in [-0.1, -0.05) is 204 Å². The predicted molar refractivity (Wildman–Crippen MR) is 194 cm³/mol. The topological polar surface area (TPSA) is 23.8 Å². The molecule has 0 fully saturated rings. The molecule has 1 aliphatic carbocycles. The maximum absolute atomic E-state index is 6.88. The summed E-state index contributed by atoms with van der Waals surface area (Å²) >= 11 is 0. The van der Waals surface area contributed by atoms with Crippen LogP contribution >= 0.6 is 0 Å². The summed E-state index contributed by atoms with van der Waals surface area (Å²) in [4.78, 5) is 0. The van der Waals surface area contributed by atoms with Crippen LogP contribution in [0.5, 0.6) is 0 Å². The first-order valence-electron chi connectivity index (χ1n) is 15.9. The van der Waals surface area contributed by atoms with Crippen LogP contribution in [0.4, 0.5) is 0 Å². The second-order valence-corrected chi connectivity index (χ2v) is 12.6. The van der Waals surface area contributed by atoms with E-state index in [-0.39, 0.29) is 35.7 Å². The van der Waals surface area contributed by atoms with E-state index in [1.165, 1.54) is 70.3 Å². The minimum absolute atomic E-state index is 0. The molecule has 0 amide bonds. The van der Waals surface area contributed by atoms with Crippen LogP contribution < -0.4 is 10.4 Å². The Morgan fingerprint density at radius 2 is 0.977 bits per heavy atom. The summed E-state index contributed by atoms with van der Waals surface area (Å²) < 4.78 is 0. The van der Waals surface area contributed by atoms with Crippen molar-refractivity contribution in [3.63, 3.8) is 0 Å². The van der Waals surface area contributed by atoms with E-state index in [0.717, 1.165) is 6.42 Å². The fraction of sp³-hybridized carbons (Fsp3) is 0.317. The Labute approximate surface area is 291 Å². The average molecular weight is 678 g/mol. The van der Waals surface area contributed by atoms with Crippen LogP contribution in [0.15, 0.2) is 138 Å². The molecule has 1 unspecified atom stereocenters. The molecule has 4 aromatic carbocycles. The smallest absolute Gasteiger partial charge is 0.677 e. The van der Waals surface area contributed by atoms with Crippen molar-refractivity contribution in [3.05, 3.63) is 150 Å². The molecule has 0 bridgehead atoms. The molecule has 1 atom stereocenters. The third-order valence-electron chi connectivity index (χ3n) is 7.58. The maximum atomic E-state index is 6.88. The van der Waals surface area contributed by atoms with Crippen LogP contribution in [0.25, 0.3) is 16.9 Å². The van der Waals surface area contributed by atoms with E-state index in [1.54, 1.807) is 0 Å². The molecule has 0 saturated heterocycles. The molecule has 3 heteroatoms. The number of hydrogen-bond acceptors (Lipinski definition) is 0. The molecule has 229 valence electrons. The number of hydrogen-bond donors (Lipinski definition) is 0. The van der Waals surface area contributed by atoms with Crippen molar-refractivity contribution < 1.29 is 26.2 Å². The fourth-order valence-electron chi connectivity index (χ4n) is 4.62. The van der Waals surface area contributed by atoms with E-state index >= 15 is 0 Å². The number of benzene rings is 4. The Balaban J connectivity index is 0.000000296. The Morgan fingerprint density at radius 3 is 1.30 bits per heavy atom. The van der Waals surface area contributed by atoms with Gasteiger partial charge < -0.3 is 5.73 Å². The second kappa shape index (κ2) is 24.7. The van der Waals surface area contributed by atoms with Gasteiger partial charge in [-0.2, -0.15) is 17.7 Å². The summed E-state index contributed by atoms with van der Waals surface area (Å²) in [6.45, 7) is 11.5. The third kappa shape index (κ3) is 16.5. The zero-order valence-electron chi connectivity index (χ0n) is 27.7. The van der Waals surface area contributed by atoms with Gasteiger partial charge in [0.05, 0.1) is 0 Å². The maximum Gasteiger partial charge on any atom is 2.00 e. The molecule has 1 N–H and O–H groups in total. The fourth-order valence-corrected chi connectivity index (χ4v) is 5.83. The second-order valence-electron chi connectivity index (χ2n) is 11.0. The first-order chi connectivity index (χ1) is 21.0. The zero-order valence-corrected chi connectivity index (χ0v) is 31.3. The van der Waals surface area contributed by atoms with Crippen LogP contribution in [-0.4, -0.2) is 16.1 Å². The summed E-state index contributed by atoms with van der Waals surface area (Å²) in [6.07, 6.45) is 11.1. The Kier molecular flexibility index (Phi) is 22.1. The first-order valence-corrected chi connectivity index (χ1v) is 17.1. The number of unbranched alkanes of at least 4 members (excludes halogenated alkanes) is 5. The quantitative estimate of drug-likeness (QED) is 0.0957. The van der Waals surface area contributed by atoms with E-state index in [9.17, 15) is 0 Å². The van der Waals surface area contributed by atoms with Gasteiger partial charge in [-0.25, -0.2) is 5.57 Å². The molecule has 5 rings (SSSR count). The minimum Gasteiger partial charge on any atom is -0.677 e. The molecule has 0 aromatic heterocycles. The van der Waals surface area contributed by atoms with Crippen molar-refractivity contribution in [1.29, 1.82) is 0 Å². The first kappa shape index (κ1) is 39.4. The van der Waals surface area contributed by atoms with Gasteiger partial charge in [0.15, 0.2) is 0 Å². The molecule has 1 radical (unpaired) electrons. The van der Waals surface area contributed by atoms with E-state index in [2.05, 4.69) is 150 Å². The van der Waals surface area contributed by atoms with Crippen LogP contribution in [0.1, 0.15) is 73.1 Å². The molecule has 44 heavy (non-hydrogen) atoms. The summed E-state index contributed by atoms with van der Waals surface area (Å²) in [5, 5.41) is 2.90. The van der Waals surface area contributed by atoms with Crippen molar-refractivity contribution in [2.45, 2.75) is 73.1 Å². The van der Waals surface area contributed by atoms with Crippen molar-refractivity contribution in [1.82, 2.24) is 0 Å². The van der Waals surface area contributed by atoms with Gasteiger partial charge in [0.1, 0.15) is 9.52 Å². The van der Waals surface area contributed by atoms with Crippen LogP contribution in [0, 0.1) is 12.0 Å². The Bertz CT molecular complexity index is 1220. The van der Waals surface area contributed by atoms with E-state index in [4.69, 9.17) is 5.73 Å². The van der Waals surface area contributed by atoms with E-state index in [1.807, 2.05) is 12.1 Å². The predicted octanol–water partition coefficient (Wildman–Crippen LogP) is 10.5. The third-order valence-corrected chi connectivity index (χ3v) is 9.02. The van der Waals surface area contributed by atoms with Gasteiger partial charge in [-0.15, -0.1) is 6.92 Å². The van der Waals surface area contributed by atoms with Gasteiger partial charge in [-0.3, -0.25) is 6.08 Å². The zero-order chi connectivity index (χ0) is 31.1. The number of nitrogens with one attached hydrogen (secondary N) is 1. The molecule has 0 aliphatic heterocycles. The summed E-state index contributed by atoms with van der Waals surface area (Å²) in [7, 11) is 0.271. The SMILES string of the molecule is CC1=[C-]C(C)C(C)=C1C.CCCCCCCC[NH-].[Zr+2].c1ccc(-c2ccccc2)cc1.c1ccc([SiH]c2ccccc2)cc1. The normalized spacial score (nSPS) is 13.1. The van der Waals surface area contributed by atoms with Crippen LogP contribution in [-0.2, 0) is 26.2 Å². The van der Waals surface area contributed by atoms with Gasteiger partial charge in [0.2, 0.25) is 0 Å².